The van der Waals surface area contributed by atoms with Gasteiger partial charge in [-0.25, -0.2) is 0 Å². The number of aromatic nitrogens is 1. The first-order chi connectivity index (χ1) is 18.3. The van der Waals surface area contributed by atoms with E-state index in [-0.39, 0.29) is 24.9 Å². The van der Waals surface area contributed by atoms with Crippen molar-refractivity contribution < 1.29 is 14.3 Å². The van der Waals surface area contributed by atoms with Crippen molar-refractivity contribution in [1.82, 2.24) is 19.7 Å². The van der Waals surface area contributed by atoms with Crippen LogP contribution in [0.3, 0.4) is 0 Å². The molecular weight excluding hydrogens is 523 g/mol. The molecule has 1 aromatic heterocycles. The molecule has 9 heteroatoms. The minimum Gasteiger partial charge on any atom is -0.378 e. The molecule has 0 atom stereocenters. The number of morpholine rings is 1. The molecule has 204 valence electrons. The first-order valence-electron chi connectivity index (χ1n) is 13.1. The van der Waals surface area contributed by atoms with Gasteiger partial charge >= 0.3 is 0 Å². The van der Waals surface area contributed by atoms with Crippen molar-refractivity contribution in [1.29, 1.82) is 0 Å². The Labute approximate surface area is 234 Å². The Morgan fingerprint density at radius 2 is 1.82 bits per heavy atom. The van der Waals surface area contributed by atoms with Crippen LogP contribution in [0.4, 0.5) is 0 Å². The third-order valence-corrected chi connectivity index (χ3v) is 7.48. The van der Waals surface area contributed by atoms with Gasteiger partial charge in [-0.05, 0) is 41.7 Å². The fraction of sp³-hybridized carbons (Fsp3) is 0.448. The molecule has 1 saturated heterocycles. The lowest BCUT2D eigenvalue weighted by Gasteiger charge is -2.32. The van der Waals surface area contributed by atoms with Gasteiger partial charge in [0.2, 0.25) is 11.8 Å². The van der Waals surface area contributed by atoms with E-state index in [9.17, 15) is 9.59 Å². The van der Waals surface area contributed by atoms with Crippen LogP contribution >= 0.6 is 23.2 Å². The Hall–Kier alpha value is -2.58. The minimum absolute atomic E-state index is 0.0219. The van der Waals surface area contributed by atoms with Gasteiger partial charge in [0.25, 0.3) is 0 Å². The second-order valence-electron chi connectivity index (χ2n) is 10.2. The predicted molar refractivity (Wildman–Crippen MR) is 153 cm³/mol. The number of hydrogen-bond acceptors (Lipinski definition) is 4. The van der Waals surface area contributed by atoms with E-state index >= 15 is 0 Å². The lowest BCUT2D eigenvalue weighted by atomic mass is 10.1. The van der Waals surface area contributed by atoms with E-state index in [0.29, 0.717) is 68.3 Å². The van der Waals surface area contributed by atoms with Crippen LogP contribution in [-0.2, 0) is 27.3 Å². The predicted octanol–water partition coefficient (Wildman–Crippen LogP) is 4.86. The number of H-pyrrole nitrogens is 1. The molecule has 2 aromatic carbocycles. The topological polar surface area (TPSA) is 68.9 Å². The molecule has 0 saturated carbocycles. The SMILES string of the molecule is CC(C)CN(CC(=O)N1CCOCC1)CC(=O)N(CCc1c[nH]c2ccccc12)Cc1ccc(Cl)c(Cl)c1. The van der Waals surface area contributed by atoms with Gasteiger partial charge in [0.05, 0.1) is 36.3 Å². The molecule has 0 bridgehead atoms. The monoisotopic (exact) mass is 558 g/mol. The standard InChI is InChI=1S/C29H36Cl2N4O3/c1-21(2)17-33(19-28(36)34-11-13-38-14-12-34)20-29(37)35(18-22-7-8-25(30)26(31)15-22)10-9-23-16-32-27-6-4-3-5-24(23)27/h3-8,15-16,21,32H,9-14,17-20H2,1-2H3. The van der Waals surface area contributed by atoms with Crippen LogP contribution in [0.25, 0.3) is 10.9 Å². The van der Waals surface area contributed by atoms with E-state index in [1.54, 1.807) is 6.07 Å². The van der Waals surface area contributed by atoms with Crippen molar-refractivity contribution in [3.63, 3.8) is 0 Å². The van der Waals surface area contributed by atoms with Crippen molar-refractivity contribution in [2.45, 2.75) is 26.8 Å². The highest BCUT2D eigenvalue weighted by Crippen LogP contribution is 2.24. The summed E-state index contributed by atoms with van der Waals surface area (Å²) in [5, 5.41) is 2.11. The smallest absolute Gasteiger partial charge is 0.237 e. The molecule has 1 N–H and O–H groups in total. The number of halogens is 2. The van der Waals surface area contributed by atoms with E-state index in [1.165, 1.54) is 0 Å². The fourth-order valence-corrected chi connectivity index (χ4v) is 5.16. The summed E-state index contributed by atoms with van der Waals surface area (Å²) in [5.41, 5.74) is 3.15. The van der Waals surface area contributed by atoms with Crippen molar-refractivity contribution >= 4 is 45.9 Å². The molecule has 38 heavy (non-hydrogen) atoms. The number of hydrogen-bond donors (Lipinski definition) is 1. The van der Waals surface area contributed by atoms with E-state index in [0.717, 1.165) is 22.0 Å². The molecule has 0 spiro atoms. The van der Waals surface area contributed by atoms with Crippen molar-refractivity contribution in [3.05, 3.63) is 69.8 Å². The highest BCUT2D eigenvalue weighted by Gasteiger charge is 2.24. The zero-order valence-corrected chi connectivity index (χ0v) is 23.6. The molecule has 4 rings (SSSR count). The molecule has 3 aromatic rings. The van der Waals surface area contributed by atoms with Gasteiger partial charge in [0.1, 0.15) is 0 Å². The molecular formula is C29H36Cl2N4O3. The highest BCUT2D eigenvalue weighted by molar-refractivity contribution is 6.42. The lowest BCUT2D eigenvalue weighted by molar-refractivity contribution is -0.138. The number of ether oxygens (including phenoxy) is 1. The Morgan fingerprint density at radius 3 is 2.55 bits per heavy atom. The van der Waals surface area contributed by atoms with Gasteiger partial charge in [0, 0.05) is 49.8 Å². The van der Waals surface area contributed by atoms with Crippen LogP contribution < -0.4 is 0 Å². The fourth-order valence-electron chi connectivity index (χ4n) is 4.84. The average Bonchev–Trinajstić information content (AvgIpc) is 3.31. The summed E-state index contributed by atoms with van der Waals surface area (Å²) < 4.78 is 5.38. The number of carbonyl (C=O) groups excluding carboxylic acids is 2. The Bertz CT molecular complexity index is 1240. The van der Waals surface area contributed by atoms with Gasteiger partial charge in [-0.2, -0.15) is 0 Å². The molecule has 1 fully saturated rings. The number of amides is 2. The number of fused-ring (bicyclic) bond motifs is 1. The van der Waals surface area contributed by atoms with Gasteiger partial charge in [0.15, 0.2) is 0 Å². The normalized spacial score (nSPS) is 14.0. The summed E-state index contributed by atoms with van der Waals surface area (Å²) in [6, 6.07) is 13.6. The van der Waals surface area contributed by atoms with E-state index in [4.69, 9.17) is 27.9 Å². The third kappa shape index (κ3) is 7.73. The van der Waals surface area contributed by atoms with Crippen LogP contribution in [-0.4, -0.2) is 84.0 Å². The number of carbonyl (C=O) groups is 2. The zero-order chi connectivity index (χ0) is 27.1. The van der Waals surface area contributed by atoms with Crippen LogP contribution in [0.15, 0.2) is 48.7 Å². The van der Waals surface area contributed by atoms with Crippen molar-refractivity contribution in [3.8, 4) is 0 Å². The van der Waals surface area contributed by atoms with Crippen LogP contribution in [0.5, 0.6) is 0 Å². The van der Waals surface area contributed by atoms with Gasteiger partial charge in [-0.1, -0.05) is 61.3 Å². The second kappa shape index (κ2) is 13.5. The number of nitrogens with zero attached hydrogens (tertiary/aromatic N) is 3. The summed E-state index contributed by atoms with van der Waals surface area (Å²) >= 11 is 12.4. The summed E-state index contributed by atoms with van der Waals surface area (Å²) in [7, 11) is 0. The first-order valence-corrected chi connectivity index (χ1v) is 13.9. The summed E-state index contributed by atoms with van der Waals surface area (Å²) in [4.78, 5) is 35.7. The molecule has 0 aliphatic carbocycles. The number of nitrogens with one attached hydrogen (secondary N) is 1. The van der Waals surface area contributed by atoms with E-state index < -0.39 is 0 Å². The van der Waals surface area contributed by atoms with Crippen LogP contribution in [0.2, 0.25) is 10.0 Å². The lowest BCUT2D eigenvalue weighted by Crippen LogP contribution is -2.49. The minimum atomic E-state index is -0.0219. The molecule has 1 aliphatic rings. The van der Waals surface area contributed by atoms with Gasteiger partial charge in [-0.3, -0.25) is 14.5 Å². The molecule has 2 amide bonds. The molecule has 2 heterocycles. The largest absolute Gasteiger partial charge is 0.378 e. The number of rotatable bonds is 11. The maximum atomic E-state index is 13.7. The third-order valence-electron chi connectivity index (χ3n) is 6.74. The van der Waals surface area contributed by atoms with Gasteiger partial charge in [-0.15, -0.1) is 0 Å². The average molecular weight is 560 g/mol. The Kier molecular flexibility index (Phi) is 10.1. The Morgan fingerprint density at radius 1 is 1.05 bits per heavy atom. The Balaban J connectivity index is 1.49. The van der Waals surface area contributed by atoms with Gasteiger partial charge < -0.3 is 19.5 Å². The molecule has 7 nitrogen and oxygen atoms in total. The maximum Gasteiger partial charge on any atom is 0.237 e. The maximum absolute atomic E-state index is 13.7. The first kappa shape index (κ1) is 28.4. The molecule has 1 aliphatic heterocycles. The van der Waals surface area contributed by atoms with Crippen molar-refractivity contribution in [2.75, 3.05) is 52.5 Å². The summed E-state index contributed by atoms with van der Waals surface area (Å²) in [6.45, 7) is 8.48. The molecule has 0 radical (unpaired) electrons. The molecule has 0 unspecified atom stereocenters. The van der Waals surface area contributed by atoms with Crippen LogP contribution in [0.1, 0.15) is 25.0 Å². The van der Waals surface area contributed by atoms with E-state index in [1.807, 2.05) is 51.2 Å². The van der Waals surface area contributed by atoms with Crippen molar-refractivity contribution in [2.24, 2.45) is 5.92 Å². The number of benzene rings is 2. The quantitative estimate of drug-likeness (QED) is 0.364. The highest BCUT2D eigenvalue weighted by atomic mass is 35.5. The van der Waals surface area contributed by atoms with E-state index in [2.05, 4.69) is 24.9 Å². The number of aromatic amines is 1. The summed E-state index contributed by atoms with van der Waals surface area (Å²) in [6.07, 6.45) is 2.71. The zero-order valence-electron chi connectivity index (χ0n) is 22.1. The second-order valence-corrected chi connectivity index (χ2v) is 11.0. The number of para-hydroxylation sites is 1. The summed E-state index contributed by atoms with van der Waals surface area (Å²) in [5.74, 6) is 0.331. The van der Waals surface area contributed by atoms with Crippen LogP contribution in [0, 0.1) is 5.92 Å².